The fourth-order valence-corrected chi connectivity index (χ4v) is 2.36. The number of ether oxygens (including phenoxy) is 3. The van der Waals surface area contributed by atoms with Crippen molar-refractivity contribution >= 4 is 5.78 Å². The average Bonchev–Trinajstić information content (AvgIpc) is 3.00. The van der Waals surface area contributed by atoms with E-state index >= 15 is 0 Å². The molecule has 2 aromatic carbocycles. The third kappa shape index (κ3) is 2.83. The molecule has 1 N–H and O–H groups in total. The predicted molar refractivity (Wildman–Crippen MR) is 79.9 cm³/mol. The topological polar surface area (TPSA) is 65.0 Å². The van der Waals surface area contributed by atoms with E-state index in [-0.39, 0.29) is 18.3 Å². The number of ketones is 1. The average molecular weight is 300 g/mol. The van der Waals surface area contributed by atoms with Crippen LogP contribution in [0.4, 0.5) is 0 Å². The van der Waals surface area contributed by atoms with Crippen LogP contribution in [-0.4, -0.2) is 24.8 Å². The number of fused-ring (bicyclic) bond motifs is 1. The number of hydrogen-bond donors (Lipinski definition) is 1. The standard InChI is InChI=1S/C17H16O5/c1-20-12-4-5-13(15(19)9-12)14(18)6-2-11-3-7-16-17(8-11)22-10-21-16/h3-5,7-9,19H,2,6,10H2,1H3. The largest absolute Gasteiger partial charge is 0.507 e. The van der Waals surface area contributed by atoms with Gasteiger partial charge in [0.1, 0.15) is 11.5 Å². The van der Waals surface area contributed by atoms with Gasteiger partial charge in [-0.1, -0.05) is 6.07 Å². The summed E-state index contributed by atoms with van der Waals surface area (Å²) in [6.45, 7) is 0.234. The number of methoxy groups -OCH3 is 1. The van der Waals surface area contributed by atoms with Gasteiger partial charge in [0.25, 0.3) is 0 Å². The van der Waals surface area contributed by atoms with Crippen molar-refractivity contribution in [3.63, 3.8) is 0 Å². The molecule has 22 heavy (non-hydrogen) atoms. The maximum absolute atomic E-state index is 12.2. The Bertz CT molecular complexity index is 708. The number of phenolic OH excluding ortho intramolecular Hbond substituents is 1. The predicted octanol–water partition coefficient (Wildman–Crippen LogP) is 2.95. The lowest BCUT2D eigenvalue weighted by Crippen LogP contribution is -2.02. The quantitative estimate of drug-likeness (QED) is 0.860. The van der Waals surface area contributed by atoms with Gasteiger partial charge < -0.3 is 19.3 Å². The van der Waals surface area contributed by atoms with Crippen molar-refractivity contribution in [1.82, 2.24) is 0 Å². The molecule has 0 fully saturated rings. The van der Waals surface area contributed by atoms with Gasteiger partial charge in [-0.2, -0.15) is 0 Å². The summed E-state index contributed by atoms with van der Waals surface area (Å²) < 4.78 is 15.6. The summed E-state index contributed by atoms with van der Waals surface area (Å²) >= 11 is 0. The normalized spacial score (nSPS) is 12.2. The molecule has 114 valence electrons. The van der Waals surface area contributed by atoms with E-state index < -0.39 is 0 Å². The molecular weight excluding hydrogens is 284 g/mol. The highest BCUT2D eigenvalue weighted by Crippen LogP contribution is 2.33. The van der Waals surface area contributed by atoms with Gasteiger partial charge in [0.05, 0.1) is 12.7 Å². The second-order valence-electron chi connectivity index (χ2n) is 4.99. The highest BCUT2D eigenvalue weighted by molar-refractivity contribution is 5.98. The van der Waals surface area contributed by atoms with E-state index in [1.165, 1.54) is 13.2 Å². The highest BCUT2D eigenvalue weighted by atomic mass is 16.7. The number of benzene rings is 2. The molecule has 0 radical (unpaired) electrons. The lowest BCUT2D eigenvalue weighted by Gasteiger charge is -2.07. The molecule has 0 bridgehead atoms. The van der Waals surface area contributed by atoms with Crippen LogP contribution in [0.1, 0.15) is 22.3 Å². The molecule has 2 aromatic rings. The van der Waals surface area contributed by atoms with Gasteiger partial charge in [-0.05, 0) is 36.2 Å². The van der Waals surface area contributed by atoms with Gasteiger partial charge in [-0.3, -0.25) is 4.79 Å². The number of aromatic hydroxyl groups is 1. The van der Waals surface area contributed by atoms with E-state index in [4.69, 9.17) is 14.2 Å². The molecule has 0 amide bonds. The Morgan fingerprint density at radius 3 is 2.77 bits per heavy atom. The minimum absolute atomic E-state index is 0.0602. The van der Waals surface area contributed by atoms with Crippen LogP contribution in [0.25, 0.3) is 0 Å². The molecule has 0 atom stereocenters. The van der Waals surface area contributed by atoms with Crippen LogP contribution in [-0.2, 0) is 6.42 Å². The fourth-order valence-electron chi connectivity index (χ4n) is 2.36. The number of hydrogen-bond acceptors (Lipinski definition) is 5. The van der Waals surface area contributed by atoms with Crippen molar-refractivity contribution in [2.75, 3.05) is 13.9 Å². The third-order valence-electron chi connectivity index (χ3n) is 3.58. The Morgan fingerprint density at radius 2 is 2.00 bits per heavy atom. The number of Topliss-reactive ketones (excluding diaryl/α,β-unsaturated/α-hetero) is 1. The molecule has 1 aliphatic heterocycles. The van der Waals surface area contributed by atoms with Crippen molar-refractivity contribution in [1.29, 1.82) is 0 Å². The molecule has 0 saturated carbocycles. The molecule has 3 rings (SSSR count). The van der Waals surface area contributed by atoms with Crippen molar-refractivity contribution in [2.45, 2.75) is 12.8 Å². The summed E-state index contributed by atoms with van der Waals surface area (Å²) in [5, 5.41) is 9.88. The maximum Gasteiger partial charge on any atom is 0.231 e. The number of carbonyl (C=O) groups is 1. The Balaban J connectivity index is 1.67. The summed E-state index contributed by atoms with van der Waals surface area (Å²) in [4.78, 5) is 12.2. The molecule has 0 aliphatic carbocycles. The monoisotopic (exact) mass is 300 g/mol. The van der Waals surface area contributed by atoms with E-state index in [0.29, 0.717) is 29.9 Å². The van der Waals surface area contributed by atoms with Crippen LogP contribution in [0.5, 0.6) is 23.0 Å². The molecule has 1 aliphatic rings. The Labute approximate surface area is 128 Å². The number of aryl methyl sites for hydroxylation is 1. The third-order valence-corrected chi connectivity index (χ3v) is 3.58. The molecule has 5 nitrogen and oxygen atoms in total. The number of phenols is 1. The van der Waals surface area contributed by atoms with Gasteiger partial charge in [0.15, 0.2) is 17.3 Å². The molecule has 0 unspecified atom stereocenters. The van der Waals surface area contributed by atoms with Crippen LogP contribution < -0.4 is 14.2 Å². The smallest absolute Gasteiger partial charge is 0.231 e. The van der Waals surface area contributed by atoms with E-state index in [1.807, 2.05) is 18.2 Å². The summed E-state index contributed by atoms with van der Waals surface area (Å²) in [7, 11) is 1.51. The minimum atomic E-state index is -0.113. The Kier molecular flexibility index (Phi) is 3.87. The van der Waals surface area contributed by atoms with Gasteiger partial charge in [-0.25, -0.2) is 0 Å². The summed E-state index contributed by atoms with van der Waals surface area (Å²) in [6.07, 6.45) is 0.875. The van der Waals surface area contributed by atoms with Crippen LogP contribution in [0, 0.1) is 0 Å². The van der Waals surface area contributed by atoms with Gasteiger partial charge in [0.2, 0.25) is 6.79 Å². The molecule has 0 aromatic heterocycles. The van der Waals surface area contributed by atoms with E-state index in [9.17, 15) is 9.90 Å². The van der Waals surface area contributed by atoms with Gasteiger partial charge in [0, 0.05) is 12.5 Å². The van der Waals surface area contributed by atoms with Crippen molar-refractivity contribution < 1.29 is 24.1 Å². The minimum Gasteiger partial charge on any atom is -0.507 e. The molecule has 0 spiro atoms. The second-order valence-corrected chi connectivity index (χ2v) is 4.99. The molecule has 0 saturated heterocycles. The number of rotatable bonds is 5. The van der Waals surface area contributed by atoms with Crippen LogP contribution >= 0.6 is 0 Å². The maximum atomic E-state index is 12.2. The van der Waals surface area contributed by atoms with Crippen LogP contribution in [0.2, 0.25) is 0 Å². The van der Waals surface area contributed by atoms with Crippen molar-refractivity contribution in [2.24, 2.45) is 0 Å². The first-order valence-corrected chi connectivity index (χ1v) is 6.96. The Hall–Kier alpha value is -2.69. The molecule has 1 heterocycles. The van der Waals surface area contributed by atoms with Crippen molar-refractivity contribution in [3.05, 3.63) is 47.5 Å². The number of carbonyl (C=O) groups excluding carboxylic acids is 1. The SMILES string of the molecule is COc1ccc(C(=O)CCc2ccc3c(c2)OCO3)c(O)c1. The highest BCUT2D eigenvalue weighted by Gasteiger charge is 2.15. The first kappa shape index (κ1) is 14.3. The molecular formula is C17H16O5. The first-order valence-electron chi connectivity index (χ1n) is 6.96. The van der Waals surface area contributed by atoms with Gasteiger partial charge in [-0.15, -0.1) is 0 Å². The summed E-state index contributed by atoms with van der Waals surface area (Å²) in [5.74, 6) is 1.78. The fraction of sp³-hybridized carbons (Fsp3) is 0.235. The van der Waals surface area contributed by atoms with E-state index in [0.717, 1.165) is 11.3 Å². The van der Waals surface area contributed by atoms with E-state index in [1.54, 1.807) is 12.1 Å². The zero-order valence-electron chi connectivity index (χ0n) is 12.2. The van der Waals surface area contributed by atoms with Crippen LogP contribution in [0.3, 0.4) is 0 Å². The zero-order valence-corrected chi connectivity index (χ0v) is 12.2. The van der Waals surface area contributed by atoms with Crippen LogP contribution in [0.15, 0.2) is 36.4 Å². The summed E-state index contributed by atoms with van der Waals surface area (Å²) in [6, 6.07) is 10.3. The lowest BCUT2D eigenvalue weighted by molar-refractivity contribution is 0.0980. The van der Waals surface area contributed by atoms with Gasteiger partial charge >= 0.3 is 0 Å². The first-order chi connectivity index (χ1) is 10.7. The lowest BCUT2D eigenvalue weighted by atomic mass is 10.0. The van der Waals surface area contributed by atoms with E-state index in [2.05, 4.69) is 0 Å². The second kappa shape index (κ2) is 5.97. The zero-order chi connectivity index (χ0) is 15.5. The molecule has 5 heteroatoms. The Morgan fingerprint density at radius 1 is 1.18 bits per heavy atom. The summed E-state index contributed by atoms with van der Waals surface area (Å²) in [5.41, 5.74) is 1.30. The van der Waals surface area contributed by atoms with Crippen molar-refractivity contribution in [3.8, 4) is 23.0 Å².